The third-order valence-corrected chi connectivity index (χ3v) is 4.34. The van der Waals surface area contributed by atoms with Crippen LogP contribution in [-0.4, -0.2) is 33.7 Å². The van der Waals surface area contributed by atoms with Gasteiger partial charge in [0, 0.05) is 6.54 Å². The first-order valence-electron chi connectivity index (χ1n) is 5.92. The van der Waals surface area contributed by atoms with Crippen LogP contribution in [0, 0.1) is 5.82 Å². The first-order valence-corrected chi connectivity index (χ1v) is 6.86. The quantitative estimate of drug-likeness (QED) is 0.921. The van der Waals surface area contributed by atoms with E-state index in [0.29, 0.717) is 5.56 Å². The summed E-state index contributed by atoms with van der Waals surface area (Å²) >= 11 is 1.41. The molecule has 0 radical (unpaired) electrons. The van der Waals surface area contributed by atoms with E-state index in [9.17, 15) is 14.0 Å². The molecular weight excluding hydrogens is 269 g/mol. The predicted molar refractivity (Wildman–Crippen MR) is 70.2 cm³/mol. The molecule has 2 rings (SSSR count). The van der Waals surface area contributed by atoms with Crippen molar-refractivity contribution in [3.8, 4) is 0 Å². The molecule has 0 spiro atoms. The van der Waals surface area contributed by atoms with Crippen LogP contribution in [0.1, 0.15) is 24.3 Å². The highest BCUT2D eigenvalue weighted by Crippen LogP contribution is 2.42. The molecular formula is C13H14FNO3S. The largest absolute Gasteiger partial charge is 0.481 e. The minimum Gasteiger partial charge on any atom is -0.481 e. The second-order valence-electron chi connectivity index (χ2n) is 4.36. The lowest BCUT2D eigenvalue weighted by atomic mass is 10.2. The molecule has 102 valence electrons. The Kier molecular flexibility index (Phi) is 4.09. The van der Waals surface area contributed by atoms with Gasteiger partial charge in [-0.05, 0) is 24.6 Å². The van der Waals surface area contributed by atoms with Crippen molar-refractivity contribution in [2.75, 3.05) is 6.54 Å². The first kappa shape index (κ1) is 13.9. The highest BCUT2D eigenvalue weighted by molar-refractivity contribution is 8.01. The summed E-state index contributed by atoms with van der Waals surface area (Å²) in [5.74, 6) is -1.40. The summed E-state index contributed by atoms with van der Waals surface area (Å²) in [5.41, 5.74) is 0.688. The second-order valence-corrected chi connectivity index (χ2v) is 5.79. The zero-order valence-electron chi connectivity index (χ0n) is 10.4. The Morgan fingerprint density at radius 3 is 2.89 bits per heavy atom. The van der Waals surface area contributed by atoms with Crippen LogP contribution in [0.2, 0.25) is 0 Å². The van der Waals surface area contributed by atoms with Crippen LogP contribution >= 0.6 is 11.8 Å². The Morgan fingerprint density at radius 1 is 1.53 bits per heavy atom. The number of rotatable bonds is 4. The molecule has 1 fully saturated rings. The third-order valence-electron chi connectivity index (χ3n) is 2.95. The van der Waals surface area contributed by atoms with Crippen LogP contribution in [0.3, 0.4) is 0 Å². The van der Waals surface area contributed by atoms with Gasteiger partial charge in [-0.15, -0.1) is 11.8 Å². The average molecular weight is 283 g/mol. The number of carboxylic acid groups (broad SMARTS) is 1. The smallest absolute Gasteiger partial charge is 0.305 e. The van der Waals surface area contributed by atoms with Gasteiger partial charge in [0.25, 0.3) is 0 Å². The minimum absolute atomic E-state index is 0.0967. The molecule has 1 N–H and O–H groups in total. The lowest BCUT2D eigenvalue weighted by Crippen LogP contribution is -2.32. The Hall–Kier alpha value is -1.56. The molecule has 0 unspecified atom stereocenters. The van der Waals surface area contributed by atoms with Crippen molar-refractivity contribution in [1.29, 1.82) is 0 Å². The number of halogens is 1. The number of carbonyl (C=O) groups excluding carboxylic acids is 1. The van der Waals surface area contributed by atoms with Crippen molar-refractivity contribution in [3.05, 3.63) is 35.6 Å². The normalized spacial score (nSPS) is 22.8. The number of aliphatic carboxylic acids is 1. The van der Waals surface area contributed by atoms with E-state index in [0.717, 1.165) is 0 Å². The molecule has 1 aliphatic rings. The zero-order chi connectivity index (χ0) is 14.0. The van der Waals surface area contributed by atoms with Crippen LogP contribution in [0.5, 0.6) is 0 Å². The van der Waals surface area contributed by atoms with Crippen LogP contribution < -0.4 is 0 Å². The topological polar surface area (TPSA) is 57.6 Å². The van der Waals surface area contributed by atoms with E-state index in [1.165, 1.54) is 28.8 Å². The molecule has 0 saturated carbocycles. The highest BCUT2D eigenvalue weighted by Gasteiger charge is 2.38. The SMILES string of the molecule is C[C@@H]1S[C@H](c2cccc(F)c2)N(CCC(=O)O)C1=O. The molecule has 1 aliphatic heterocycles. The van der Waals surface area contributed by atoms with Gasteiger partial charge in [0.2, 0.25) is 5.91 Å². The van der Waals surface area contributed by atoms with E-state index in [-0.39, 0.29) is 35.3 Å². The van der Waals surface area contributed by atoms with Gasteiger partial charge in [-0.1, -0.05) is 12.1 Å². The maximum Gasteiger partial charge on any atom is 0.305 e. The molecule has 0 aromatic heterocycles. The fourth-order valence-electron chi connectivity index (χ4n) is 2.04. The maximum atomic E-state index is 13.2. The van der Waals surface area contributed by atoms with E-state index < -0.39 is 5.97 Å². The number of hydrogen-bond acceptors (Lipinski definition) is 3. The Bertz CT molecular complexity index is 508. The van der Waals surface area contributed by atoms with E-state index in [4.69, 9.17) is 5.11 Å². The Labute approximate surface area is 114 Å². The average Bonchev–Trinajstić information content (AvgIpc) is 2.63. The van der Waals surface area contributed by atoms with E-state index in [2.05, 4.69) is 0 Å². The molecule has 1 aromatic carbocycles. The van der Waals surface area contributed by atoms with Gasteiger partial charge < -0.3 is 10.0 Å². The number of thioether (sulfide) groups is 1. The molecule has 4 nitrogen and oxygen atoms in total. The molecule has 0 aliphatic carbocycles. The van der Waals surface area contributed by atoms with Gasteiger partial charge >= 0.3 is 5.97 Å². The first-order chi connectivity index (χ1) is 8.99. The summed E-state index contributed by atoms with van der Waals surface area (Å²) in [6.07, 6.45) is -0.106. The lowest BCUT2D eigenvalue weighted by Gasteiger charge is -2.23. The number of carboxylic acids is 1. The van der Waals surface area contributed by atoms with Gasteiger partial charge in [-0.2, -0.15) is 0 Å². The fraction of sp³-hybridized carbons (Fsp3) is 0.385. The number of benzene rings is 1. The predicted octanol–water partition coefficient (Wildman–Crippen LogP) is 2.26. The molecule has 1 saturated heterocycles. The van der Waals surface area contributed by atoms with Crippen molar-refractivity contribution in [2.24, 2.45) is 0 Å². The molecule has 1 aromatic rings. The Morgan fingerprint density at radius 2 is 2.26 bits per heavy atom. The van der Waals surface area contributed by atoms with E-state index in [1.54, 1.807) is 19.1 Å². The summed E-state index contributed by atoms with van der Waals surface area (Å²) < 4.78 is 13.2. The van der Waals surface area contributed by atoms with Crippen LogP contribution in [0.25, 0.3) is 0 Å². The summed E-state index contributed by atoms with van der Waals surface area (Å²) in [4.78, 5) is 24.2. The van der Waals surface area contributed by atoms with Crippen molar-refractivity contribution < 1.29 is 19.1 Å². The number of hydrogen-bond donors (Lipinski definition) is 1. The summed E-state index contributed by atoms with van der Waals surface area (Å²) in [6, 6.07) is 6.07. The van der Waals surface area contributed by atoms with Crippen molar-refractivity contribution in [3.63, 3.8) is 0 Å². The van der Waals surface area contributed by atoms with Crippen molar-refractivity contribution in [2.45, 2.75) is 24.0 Å². The summed E-state index contributed by atoms with van der Waals surface area (Å²) in [5, 5.41) is 8.18. The van der Waals surface area contributed by atoms with Gasteiger partial charge in [0.05, 0.1) is 11.7 Å². The summed E-state index contributed by atoms with van der Waals surface area (Å²) in [6.45, 7) is 1.92. The van der Waals surface area contributed by atoms with E-state index >= 15 is 0 Å². The third kappa shape index (κ3) is 3.07. The maximum absolute atomic E-state index is 13.2. The molecule has 1 amide bonds. The number of amides is 1. The van der Waals surface area contributed by atoms with Crippen LogP contribution in [0.4, 0.5) is 4.39 Å². The molecule has 1 heterocycles. The van der Waals surface area contributed by atoms with Gasteiger partial charge in [0.1, 0.15) is 11.2 Å². The van der Waals surface area contributed by atoms with Crippen molar-refractivity contribution in [1.82, 2.24) is 4.90 Å². The molecule has 2 atom stereocenters. The lowest BCUT2D eigenvalue weighted by molar-refractivity contribution is -0.138. The van der Waals surface area contributed by atoms with Crippen LogP contribution in [0.15, 0.2) is 24.3 Å². The van der Waals surface area contributed by atoms with Gasteiger partial charge in [-0.3, -0.25) is 9.59 Å². The second kappa shape index (κ2) is 5.61. The van der Waals surface area contributed by atoms with Gasteiger partial charge in [0.15, 0.2) is 0 Å². The molecule has 6 heteroatoms. The van der Waals surface area contributed by atoms with Crippen LogP contribution in [-0.2, 0) is 9.59 Å². The molecule has 19 heavy (non-hydrogen) atoms. The minimum atomic E-state index is -0.949. The number of nitrogens with zero attached hydrogens (tertiary/aromatic N) is 1. The highest BCUT2D eigenvalue weighted by atomic mass is 32.2. The van der Waals surface area contributed by atoms with Gasteiger partial charge in [-0.25, -0.2) is 4.39 Å². The van der Waals surface area contributed by atoms with Crippen molar-refractivity contribution >= 4 is 23.6 Å². The Balaban J connectivity index is 2.22. The summed E-state index contributed by atoms with van der Waals surface area (Å²) in [7, 11) is 0. The van der Waals surface area contributed by atoms with E-state index in [1.807, 2.05) is 0 Å². The zero-order valence-corrected chi connectivity index (χ0v) is 11.2. The number of carbonyl (C=O) groups is 2. The molecule has 0 bridgehead atoms. The fourth-order valence-corrected chi connectivity index (χ4v) is 3.33. The standard InChI is InChI=1S/C13H14FNO3S/c1-8-12(18)15(6-5-11(16)17)13(19-8)9-3-2-4-10(14)7-9/h2-4,7-8,13H,5-6H2,1H3,(H,16,17)/t8-,13+/m0/s1. The monoisotopic (exact) mass is 283 g/mol.